The van der Waals surface area contributed by atoms with Gasteiger partial charge in [0.2, 0.25) is 11.8 Å². The number of hydrazine groups is 1. The molecule has 8 heteroatoms. The van der Waals surface area contributed by atoms with Crippen molar-refractivity contribution in [2.24, 2.45) is 5.92 Å². The summed E-state index contributed by atoms with van der Waals surface area (Å²) in [5, 5.41) is 0.673. The number of piperazine rings is 1. The van der Waals surface area contributed by atoms with E-state index in [0.29, 0.717) is 44.2 Å². The first-order valence-corrected chi connectivity index (χ1v) is 10.9. The lowest BCUT2D eigenvalue weighted by Crippen LogP contribution is -2.53. The van der Waals surface area contributed by atoms with Crippen molar-refractivity contribution in [3.8, 4) is 5.75 Å². The minimum Gasteiger partial charge on any atom is -0.497 e. The highest BCUT2D eigenvalue weighted by Crippen LogP contribution is 2.28. The van der Waals surface area contributed by atoms with Crippen LogP contribution in [-0.4, -0.2) is 61.4 Å². The molecule has 0 bridgehead atoms. The lowest BCUT2D eigenvalue weighted by molar-refractivity contribution is -0.141. The number of methoxy groups -OCH3 is 1. The molecule has 2 fully saturated rings. The summed E-state index contributed by atoms with van der Waals surface area (Å²) in [6.07, 6.45) is 0.334. The fourth-order valence-corrected chi connectivity index (χ4v) is 4.32. The molecule has 0 spiro atoms. The molecule has 0 aliphatic carbocycles. The van der Waals surface area contributed by atoms with E-state index >= 15 is 0 Å². The Morgan fingerprint density at radius 1 is 1.06 bits per heavy atom. The Bertz CT molecular complexity index is 929. The maximum Gasteiger partial charge on any atom is 0.229 e. The van der Waals surface area contributed by atoms with E-state index in [9.17, 15) is 9.59 Å². The molecule has 2 N–H and O–H groups in total. The standard InChI is InChI=1S/C23H27ClN4O3/c1-31-19-4-2-3-16(13-19)14-21(29)27-9-11-28(12-10-27)23(30)20-15-25-26-22(20)17-5-7-18(24)8-6-17/h2-8,13,20,22,25-26H,9-12,14-15H2,1H3. The molecule has 0 saturated carbocycles. The van der Waals surface area contributed by atoms with Crippen molar-refractivity contribution in [1.29, 1.82) is 0 Å². The first-order chi connectivity index (χ1) is 15.0. The van der Waals surface area contributed by atoms with Crippen LogP contribution in [0.15, 0.2) is 48.5 Å². The van der Waals surface area contributed by atoms with Crippen LogP contribution in [0.2, 0.25) is 5.02 Å². The summed E-state index contributed by atoms with van der Waals surface area (Å²) in [5.74, 6) is 0.732. The van der Waals surface area contributed by atoms with E-state index in [-0.39, 0.29) is 23.8 Å². The molecule has 164 valence electrons. The molecule has 31 heavy (non-hydrogen) atoms. The molecule has 2 aromatic rings. The van der Waals surface area contributed by atoms with Crippen LogP contribution in [0, 0.1) is 5.92 Å². The van der Waals surface area contributed by atoms with E-state index in [0.717, 1.165) is 16.9 Å². The van der Waals surface area contributed by atoms with Crippen LogP contribution < -0.4 is 15.6 Å². The molecule has 2 amide bonds. The van der Waals surface area contributed by atoms with Gasteiger partial charge in [-0.2, -0.15) is 0 Å². The first kappa shape index (κ1) is 21.6. The fourth-order valence-electron chi connectivity index (χ4n) is 4.19. The Kier molecular flexibility index (Phi) is 6.75. The maximum absolute atomic E-state index is 13.2. The lowest BCUT2D eigenvalue weighted by Gasteiger charge is -2.36. The maximum atomic E-state index is 13.2. The van der Waals surface area contributed by atoms with Crippen molar-refractivity contribution >= 4 is 23.4 Å². The minimum atomic E-state index is -0.194. The van der Waals surface area contributed by atoms with E-state index in [1.165, 1.54) is 0 Å². The van der Waals surface area contributed by atoms with E-state index in [1.54, 1.807) is 7.11 Å². The fraction of sp³-hybridized carbons (Fsp3) is 0.391. The van der Waals surface area contributed by atoms with Gasteiger partial charge in [-0.05, 0) is 35.4 Å². The monoisotopic (exact) mass is 442 g/mol. The first-order valence-electron chi connectivity index (χ1n) is 10.5. The average Bonchev–Trinajstić information content (AvgIpc) is 3.29. The number of halogens is 1. The van der Waals surface area contributed by atoms with E-state index in [2.05, 4.69) is 10.9 Å². The van der Waals surface area contributed by atoms with Crippen molar-refractivity contribution in [3.05, 3.63) is 64.7 Å². The summed E-state index contributed by atoms with van der Waals surface area (Å²) in [6.45, 7) is 2.77. The average molecular weight is 443 g/mol. The number of nitrogens with one attached hydrogen (secondary N) is 2. The highest BCUT2D eigenvalue weighted by Gasteiger charge is 2.37. The number of nitrogens with zero attached hydrogens (tertiary/aromatic N) is 2. The molecule has 0 aromatic heterocycles. The Morgan fingerprint density at radius 3 is 2.48 bits per heavy atom. The van der Waals surface area contributed by atoms with Crippen molar-refractivity contribution in [2.75, 3.05) is 39.8 Å². The van der Waals surface area contributed by atoms with Crippen molar-refractivity contribution in [2.45, 2.75) is 12.5 Å². The van der Waals surface area contributed by atoms with Crippen LogP contribution >= 0.6 is 11.6 Å². The lowest BCUT2D eigenvalue weighted by atomic mass is 9.93. The second-order valence-corrected chi connectivity index (χ2v) is 8.33. The molecule has 2 aliphatic heterocycles. The molecular weight excluding hydrogens is 416 g/mol. The summed E-state index contributed by atoms with van der Waals surface area (Å²) >= 11 is 5.99. The van der Waals surface area contributed by atoms with Crippen molar-refractivity contribution < 1.29 is 14.3 Å². The molecular formula is C23H27ClN4O3. The molecule has 0 radical (unpaired) electrons. The molecule has 2 atom stereocenters. The van der Waals surface area contributed by atoms with Crippen LogP contribution in [-0.2, 0) is 16.0 Å². The SMILES string of the molecule is COc1cccc(CC(=O)N2CCN(C(=O)C3CNNC3c3ccc(Cl)cc3)CC2)c1. The van der Waals surface area contributed by atoms with Gasteiger partial charge in [0.25, 0.3) is 0 Å². The second kappa shape index (κ2) is 9.68. The van der Waals surface area contributed by atoms with E-state index in [4.69, 9.17) is 16.3 Å². The predicted molar refractivity (Wildman–Crippen MR) is 119 cm³/mol. The number of hydrogen-bond donors (Lipinski definition) is 2. The van der Waals surface area contributed by atoms with Crippen molar-refractivity contribution in [1.82, 2.24) is 20.7 Å². The Hall–Kier alpha value is -2.61. The largest absolute Gasteiger partial charge is 0.497 e. The Balaban J connectivity index is 1.33. The van der Waals surface area contributed by atoms with Gasteiger partial charge in [0.15, 0.2) is 0 Å². The highest BCUT2D eigenvalue weighted by atomic mass is 35.5. The molecule has 2 heterocycles. The third-order valence-corrected chi connectivity index (χ3v) is 6.21. The number of carbonyl (C=O) groups excluding carboxylic acids is 2. The third kappa shape index (κ3) is 5.01. The number of ether oxygens (including phenoxy) is 1. The Labute approximate surface area is 187 Å². The van der Waals surface area contributed by atoms with Gasteiger partial charge in [0.1, 0.15) is 5.75 Å². The van der Waals surface area contributed by atoms with Gasteiger partial charge in [-0.3, -0.25) is 15.0 Å². The van der Waals surface area contributed by atoms with Crippen LogP contribution in [0.25, 0.3) is 0 Å². The van der Waals surface area contributed by atoms with Gasteiger partial charge >= 0.3 is 0 Å². The number of amides is 2. The van der Waals surface area contributed by atoms with Gasteiger partial charge in [0, 0.05) is 37.7 Å². The highest BCUT2D eigenvalue weighted by molar-refractivity contribution is 6.30. The van der Waals surface area contributed by atoms with Gasteiger partial charge in [-0.25, -0.2) is 5.43 Å². The zero-order valence-electron chi connectivity index (χ0n) is 17.5. The summed E-state index contributed by atoms with van der Waals surface area (Å²) in [4.78, 5) is 29.6. The van der Waals surface area contributed by atoms with Gasteiger partial charge < -0.3 is 14.5 Å². The number of rotatable bonds is 5. The minimum absolute atomic E-state index is 0.0728. The van der Waals surface area contributed by atoms with Gasteiger partial charge in [-0.15, -0.1) is 0 Å². The third-order valence-electron chi connectivity index (χ3n) is 5.96. The summed E-state index contributed by atoms with van der Waals surface area (Å²) < 4.78 is 5.23. The van der Waals surface area contributed by atoms with Gasteiger partial charge in [-0.1, -0.05) is 35.9 Å². The molecule has 4 rings (SSSR count). The van der Waals surface area contributed by atoms with Gasteiger partial charge in [0.05, 0.1) is 25.5 Å². The van der Waals surface area contributed by atoms with Crippen LogP contribution in [0.4, 0.5) is 0 Å². The quantitative estimate of drug-likeness (QED) is 0.741. The summed E-state index contributed by atoms with van der Waals surface area (Å²) in [6, 6.07) is 15.0. The topological polar surface area (TPSA) is 73.9 Å². The zero-order valence-corrected chi connectivity index (χ0v) is 18.3. The smallest absolute Gasteiger partial charge is 0.229 e. The van der Waals surface area contributed by atoms with Crippen molar-refractivity contribution in [3.63, 3.8) is 0 Å². The number of benzene rings is 2. The van der Waals surface area contributed by atoms with Crippen LogP contribution in [0.3, 0.4) is 0 Å². The number of hydrogen-bond acceptors (Lipinski definition) is 5. The molecule has 7 nitrogen and oxygen atoms in total. The summed E-state index contributed by atoms with van der Waals surface area (Å²) in [5.41, 5.74) is 8.28. The molecule has 2 saturated heterocycles. The predicted octanol–water partition coefficient (Wildman–Crippen LogP) is 2.03. The van der Waals surface area contributed by atoms with Crippen LogP contribution in [0.1, 0.15) is 17.2 Å². The summed E-state index contributed by atoms with van der Waals surface area (Å²) in [7, 11) is 1.62. The normalized spacial score (nSPS) is 21.2. The molecule has 2 aromatic carbocycles. The Morgan fingerprint density at radius 2 is 1.77 bits per heavy atom. The van der Waals surface area contributed by atoms with Crippen LogP contribution in [0.5, 0.6) is 5.75 Å². The van der Waals surface area contributed by atoms with E-state index < -0.39 is 0 Å². The zero-order chi connectivity index (χ0) is 21.8. The second-order valence-electron chi connectivity index (χ2n) is 7.90. The van der Waals surface area contributed by atoms with E-state index in [1.807, 2.05) is 58.3 Å². The molecule has 2 aliphatic rings. The number of carbonyl (C=O) groups is 2. The molecule has 2 unspecified atom stereocenters.